The summed E-state index contributed by atoms with van der Waals surface area (Å²) >= 11 is 5.71. The van der Waals surface area contributed by atoms with Gasteiger partial charge in [-0.3, -0.25) is 0 Å². The number of hydrogen-bond donors (Lipinski definition) is 0. The van der Waals surface area contributed by atoms with Gasteiger partial charge in [0.25, 0.3) is 0 Å². The van der Waals surface area contributed by atoms with Gasteiger partial charge in [-0.05, 0) is 11.8 Å². The monoisotopic (exact) mass is 201 g/mol. The van der Waals surface area contributed by atoms with Crippen molar-refractivity contribution in [2.24, 2.45) is 0 Å². The van der Waals surface area contributed by atoms with Crippen LogP contribution in [0.1, 0.15) is 0 Å². The molecule has 3 nitrogen and oxygen atoms in total. The van der Waals surface area contributed by atoms with E-state index in [9.17, 15) is 0 Å². The van der Waals surface area contributed by atoms with Crippen LogP contribution in [0.5, 0.6) is 0 Å². The van der Waals surface area contributed by atoms with Crippen LogP contribution in [0.25, 0.3) is 0 Å². The fourth-order valence-corrected chi connectivity index (χ4v) is 1.76. The van der Waals surface area contributed by atoms with Gasteiger partial charge in [0.05, 0.1) is 0 Å². The zero-order valence-electron chi connectivity index (χ0n) is 5.37. The Kier molecular flexibility index (Phi) is 3.79. The van der Waals surface area contributed by atoms with Gasteiger partial charge in [-0.15, -0.1) is 0 Å². The highest BCUT2D eigenvalue weighted by Crippen LogP contribution is 2.21. The first-order valence-corrected chi connectivity index (χ1v) is 4.17. The van der Waals surface area contributed by atoms with Crippen molar-refractivity contribution < 1.29 is 9.05 Å². The largest absolute Gasteiger partial charge is 0.358 e. The summed E-state index contributed by atoms with van der Waals surface area (Å²) in [5.41, 5.74) is 0. The molecule has 0 aromatic rings. The molecule has 1 rings (SSSR count). The molecule has 1 aliphatic heterocycles. The number of hydrogen-bond acceptors (Lipinski definition) is 3. The summed E-state index contributed by atoms with van der Waals surface area (Å²) in [6, 6.07) is 0. The van der Waals surface area contributed by atoms with E-state index < -0.39 is 0 Å². The van der Waals surface area contributed by atoms with Gasteiger partial charge < -0.3 is 9.05 Å². The molecule has 0 bridgehead atoms. The third-order valence-electron chi connectivity index (χ3n) is 1.52. The Morgan fingerprint density at radius 1 is 1.20 bits per heavy atom. The van der Waals surface area contributed by atoms with Crippen LogP contribution in [0.2, 0.25) is 0 Å². The summed E-state index contributed by atoms with van der Waals surface area (Å²) < 4.78 is 11.7. The van der Waals surface area contributed by atoms with Crippen molar-refractivity contribution in [3.8, 4) is 0 Å². The second kappa shape index (κ2) is 4.15. The molecule has 10 heavy (non-hydrogen) atoms. The lowest BCUT2D eigenvalue weighted by Crippen LogP contribution is -2.24. The quantitative estimate of drug-likeness (QED) is 0.487. The predicted molar refractivity (Wildman–Crippen MR) is 46.6 cm³/mol. The van der Waals surface area contributed by atoms with Crippen molar-refractivity contribution in [3.05, 3.63) is 0 Å². The topological polar surface area (TPSA) is 21.7 Å². The second-order valence-corrected chi connectivity index (χ2v) is 3.20. The molecule has 1 heterocycles. The molecule has 6 heteroatoms. The molecule has 3 unspecified atom stereocenters. The van der Waals surface area contributed by atoms with Gasteiger partial charge in [-0.25, -0.2) is 4.42 Å². The smallest absolute Gasteiger partial charge is 0.103 e. The van der Waals surface area contributed by atoms with Crippen LogP contribution in [0.15, 0.2) is 0 Å². The van der Waals surface area contributed by atoms with Gasteiger partial charge in [0, 0.05) is 32.0 Å². The van der Waals surface area contributed by atoms with Gasteiger partial charge in [0.2, 0.25) is 0 Å². The maximum Gasteiger partial charge on any atom is 0.103 e. The standard InChI is InChI=1S/C4H10ClNO2P2/c5-6-1-3(7-9)4(2-6)8-10/h3-4H,1-2,9-10H2/t3-,4?/m0/s1. The molecule has 0 N–H and O–H groups in total. The minimum Gasteiger partial charge on any atom is -0.358 e. The highest BCUT2D eigenvalue weighted by Gasteiger charge is 2.32. The lowest BCUT2D eigenvalue weighted by Gasteiger charge is -2.13. The Bertz CT molecular complexity index is 105. The van der Waals surface area contributed by atoms with Gasteiger partial charge in [0.1, 0.15) is 12.2 Å². The average molecular weight is 202 g/mol. The van der Waals surface area contributed by atoms with Crippen LogP contribution in [0.4, 0.5) is 0 Å². The Morgan fingerprint density at radius 2 is 1.60 bits per heavy atom. The van der Waals surface area contributed by atoms with Crippen LogP contribution in [-0.2, 0) is 9.05 Å². The highest BCUT2D eigenvalue weighted by atomic mass is 35.5. The van der Waals surface area contributed by atoms with Gasteiger partial charge in [-0.1, -0.05) is 0 Å². The molecular formula is C4H10ClNO2P2. The third kappa shape index (κ3) is 2.01. The summed E-state index contributed by atoms with van der Waals surface area (Å²) in [4.78, 5) is 0. The summed E-state index contributed by atoms with van der Waals surface area (Å²) in [5.74, 6) is 0. The van der Waals surface area contributed by atoms with E-state index in [-0.39, 0.29) is 12.2 Å². The molecule has 4 atom stereocenters. The van der Waals surface area contributed by atoms with E-state index in [0.29, 0.717) is 13.1 Å². The van der Waals surface area contributed by atoms with Crippen LogP contribution >= 0.6 is 30.7 Å². The van der Waals surface area contributed by atoms with Crippen molar-refractivity contribution in [1.82, 2.24) is 4.42 Å². The summed E-state index contributed by atoms with van der Waals surface area (Å²) in [6.45, 7) is 1.42. The SMILES string of the molecule is POC1CN(Cl)C[C@@H]1OP. The van der Waals surface area contributed by atoms with Crippen LogP contribution < -0.4 is 0 Å². The van der Waals surface area contributed by atoms with E-state index in [4.69, 9.17) is 20.8 Å². The normalized spacial score (nSPS) is 35.1. The minimum atomic E-state index is 0.0694. The number of halogens is 1. The third-order valence-corrected chi connectivity index (χ3v) is 2.50. The van der Waals surface area contributed by atoms with E-state index in [0.717, 1.165) is 0 Å². The molecule has 1 saturated heterocycles. The second-order valence-electron chi connectivity index (χ2n) is 2.18. The zero-order chi connectivity index (χ0) is 7.56. The Balaban J connectivity index is 2.41. The molecule has 0 aromatic carbocycles. The molecule has 0 radical (unpaired) electrons. The molecule has 0 saturated carbocycles. The molecule has 0 amide bonds. The molecule has 60 valence electrons. The average Bonchev–Trinajstić information content (AvgIpc) is 2.30. The number of nitrogens with zero attached hydrogens (tertiary/aromatic N) is 1. The van der Waals surface area contributed by atoms with Gasteiger partial charge in [0.15, 0.2) is 0 Å². The molecular weight excluding hydrogens is 191 g/mol. The molecule has 1 aliphatic rings. The van der Waals surface area contributed by atoms with Crippen molar-refractivity contribution in [2.45, 2.75) is 12.2 Å². The Labute approximate surface area is 70.1 Å². The highest BCUT2D eigenvalue weighted by molar-refractivity contribution is 7.10. The van der Waals surface area contributed by atoms with Crippen LogP contribution in [0, 0.1) is 0 Å². The van der Waals surface area contributed by atoms with Crippen molar-refractivity contribution in [1.29, 1.82) is 0 Å². The van der Waals surface area contributed by atoms with E-state index in [2.05, 4.69) is 18.9 Å². The Morgan fingerprint density at radius 3 is 1.90 bits per heavy atom. The first-order chi connectivity index (χ1) is 4.77. The van der Waals surface area contributed by atoms with Crippen LogP contribution in [-0.4, -0.2) is 29.7 Å². The maximum atomic E-state index is 5.71. The fraction of sp³-hybridized carbons (Fsp3) is 1.00. The first kappa shape index (κ1) is 9.12. The molecule has 1 fully saturated rings. The van der Waals surface area contributed by atoms with E-state index in [1.807, 2.05) is 0 Å². The summed E-state index contributed by atoms with van der Waals surface area (Å²) in [7, 11) is 4.44. The van der Waals surface area contributed by atoms with Crippen LogP contribution in [0.3, 0.4) is 0 Å². The first-order valence-electron chi connectivity index (χ1n) is 2.89. The molecule has 0 aliphatic carbocycles. The summed E-state index contributed by atoms with van der Waals surface area (Å²) in [5, 5.41) is 0. The lowest BCUT2D eigenvalue weighted by molar-refractivity contribution is 0.124. The molecule has 0 aromatic heterocycles. The van der Waals surface area contributed by atoms with Crippen molar-refractivity contribution in [3.63, 3.8) is 0 Å². The van der Waals surface area contributed by atoms with Gasteiger partial charge >= 0.3 is 0 Å². The summed E-state index contributed by atoms with van der Waals surface area (Å²) in [6.07, 6.45) is 0.139. The zero-order valence-corrected chi connectivity index (χ0v) is 8.43. The van der Waals surface area contributed by atoms with Crippen molar-refractivity contribution in [2.75, 3.05) is 13.1 Å². The predicted octanol–water partition coefficient (Wildman–Crippen LogP) is 0.806. The minimum absolute atomic E-state index is 0.0694. The maximum absolute atomic E-state index is 5.71. The van der Waals surface area contributed by atoms with Crippen molar-refractivity contribution >= 4 is 30.7 Å². The van der Waals surface area contributed by atoms with E-state index >= 15 is 0 Å². The number of rotatable bonds is 2. The fourth-order valence-electron chi connectivity index (χ4n) is 0.962. The van der Waals surface area contributed by atoms with E-state index in [1.165, 1.54) is 0 Å². The Hall–Kier alpha value is 1.03. The van der Waals surface area contributed by atoms with E-state index in [1.54, 1.807) is 4.42 Å². The lowest BCUT2D eigenvalue weighted by atomic mass is 10.3. The van der Waals surface area contributed by atoms with Gasteiger partial charge in [-0.2, -0.15) is 0 Å². The molecule has 0 spiro atoms.